The van der Waals surface area contributed by atoms with Crippen molar-refractivity contribution in [2.45, 2.75) is 0 Å². The van der Waals surface area contributed by atoms with Gasteiger partial charge in [0.1, 0.15) is 11.8 Å². The van der Waals surface area contributed by atoms with Crippen molar-refractivity contribution in [3.8, 4) is 5.75 Å². The van der Waals surface area contributed by atoms with Crippen LogP contribution in [0.15, 0.2) is 37.1 Å². The molecule has 0 aliphatic carbocycles. The van der Waals surface area contributed by atoms with E-state index in [1.807, 2.05) is 0 Å². The van der Waals surface area contributed by atoms with Gasteiger partial charge < -0.3 is 5.11 Å². The van der Waals surface area contributed by atoms with Gasteiger partial charge >= 0.3 is 5.97 Å². The summed E-state index contributed by atoms with van der Waals surface area (Å²) in [6.07, 6.45) is 1.07. The van der Waals surface area contributed by atoms with Gasteiger partial charge in [0.15, 0.2) is 5.75 Å². The maximum Gasteiger partial charge on any atom is 0.339 e. The van der Waals surface area contributed by atoms with Crippen molar-refractivity contribution in [2.24, 2.45) is 0 Å². The molecule has 0 fully saturated rings. The predicted molar refractivity (Wildman–Crippen MR) is 45.3 cm³/mol. The molecule has 1 aromatic rings. The summed E-state index contributed by atoms with van der Waals surface area (Å²) < 4.78 is 0. The van der Waals surface area contributed by atoms with E-state index in [2.05, 4.69) is 16.4 Å². The fourth-order valence-electron chi connectivity index (χ4n) is 0.802. The first-order chi connectivity index (χ1) is 6.25. The summed E-state index contributed by atoms with van der Waals surface area (Å²) in [4.78, 5) is 19.7. The smallest absolute Gasteiger partial charge is 0.339 e. The molecule has 0 bridgehead atoms. The van der Waals surface area contributed by atoms with Crippen LogP contribution in [0, 0.1) is 0 Å². The quantitative estimate of drug-likeness (QED) is 0.436. The Bertz CT molecular complexity index is 319. The highest BCUT2D eigenvalue weighted by Crippen LogP contribution is 2.17. The molecule has 1 aromatic carbocycles. The topological polar surface area (TPSA) is 55.8 Å². The predicted octanol–water partition coefficient (Wildman–Crippen LogP) is 1.84. The minimum Gasteiger partial charge on any atom is -0.478 e. The molecule has 0 heterocycles. The second-order valence-electron chi connectivity index (χ2n) is 2.15. The Hall–Kier alpha value is -1.97. The van der Waals surface area contributed by atoms with Gasteiger partial charge in [0.05, 0.1) is 0 Å². The fraction of sp³-hybridized carbons (Fsp3) is 0. The summed E-state index contributed by atoms with van der Waals surface area (Å²) in [5.41, 5.74) is 0.0457. The van der Waals surface area contributed by atoms with Gasteiger partial charge in [-0.25, -0.2) is 4.79 Å². The molecule has 68 valence electrons. The number of carboxylic acid groups (broad SMARTS) is 1. The SMILES string of the molecule is C=COOc1ccccc1C(=O)O. The summed E-state index contributed by atoms with van der Waals surface area (Å²) >= 11 is 0. The summed E-state index contributed by atoms with van der Waals surface area (Å²) in [5, 5.41) is 8.70. The van der Waals surface area contributed by atoms with Crippen molar-refractivity contribution in [1.29, 1.82) is 0 Å². The fourth-order valence-corrected chi connectivity index (χ4v) is 0.802. The van der Waals surface area contributed by atoms with E-state index in [-0.39, 0.29) is 11.3 Å². The second-order valence-corrected chi connectivity index (χ2v) is 2.15. The Morgan fingerprint density at radius 3 is 2.77 bits per heavy atom. The molecule has 0 radical (unpaired) electrons. The minimum atomic E-state index is -1.07. The molecule has 13 heavy (non-hydrogen) atoms. The molecule has 0 saturated heterocycles. The van der Waals surface area contributed by atoms with E-state index in [9.17, 15) is 4.79 Å². The Morgan fingerprint density at radius 1 is 1.46 bits per heavy atom. The normalized spacial score (nSPS) is 8.92. The van der Waals surface area contributed by atoms with Crippen LogP contribution in [0.1, 0.15) is 10.4 Å². The van der Waals surface area contributed by atoms with Crippen LogP contribution < -0.4 is 4.89 Å². The lowest BCUT2D eigenvalue weighted by Gasteiger charge is -2.03. The van der Waals surface area contributed by atoms with Crippen molar-refractivity contribution in [3.05, 3.63) is 42.7 Å². The Morgan fingerprint density at radius 2 is 2.15 bits per heavy atom. The minimum absolute atomic E-state index is 0.0457. The number of carboxylic acids is 1. The highest BCUT2D eigenvalue weighted by Gasteiger charge is 2.10. The van der Waals surface area contributed by atoms with Crippen LogP contribution in [0.2, 0.25) is 0 Å². The molecular formula is C9H8O4. The van der Waals surface area contributed by atoms with E-state index < -0.39 is 5.97 Å². The highest BCUT2D eigenvalue weighted by atomic mass is 17.2. The highest BCUT2D eigenvalue weighted by molar-refractivity contribution is 5.90. The van der Waals surface area contributed by atoms with E-state index in [0.717, 1.165) is 6.26 Å². The first-order valence-corrected chi connectivity index (χ1v) is 3.52. The Kier molecular flexibility index (Phi) is 2.92. The maximum atomic E-state index is 10.6. The molecule has 0 unspecified atom stereocenters. The lowest BCUT2D eigenvalue weighted by molar-refractivity contribution is -0.149. The average molecular weight is 180 g/mol. The Balaban J connectivity index is 2.90. The molecule has 0 spiro atoms. The number of hydrogen-bond acceptors (Lipinski definition) is 3. The van der Waals surface area contributed by atoms with Gasteiger partial charge in [-0.3, -0.25) is 9.78 Å². The lowest BCUT2D eigenvalue weighted by atomic mass is 10.2. The number of rotatable bonds is 4. The summed E-state index contributed by atoms with van der Waals surface area (Å²) in [7, 11) is 0. The van der Waals surface area contributed by atoms with Crippen LogP contribution in [0.4, 0.5) is 0 Å². The number of carbonyl (C=O) groups is 1. The largest absolute Gasteiger partial charge is 0.478 e. The maximum absolute atomic E-state index is 10.6. The molecule has 0 aliphatic heterocycles. The lowest BCUT2D eigenvalue weighted by Crippen LogP contribution is -2.01. The number of hydrogen-bond donors (Lipinski definition) is 1. The molecule has 4 heteroatoms. The second kappa shape index (κ2) is 4.15. The van der Waals surface area contributed by atoms with Crippen molar-refractivity contribution in [2.75, 3.05) is 0 Å². The van der Waals surface area contributed by atoms with Gasteiger partial charge in [-0.1, -0.05) is 18.7 Å². The Labute approximate surface area is 74.9 Å². The zero-order valence-corrected chi connectivity index (χ0v) is 6.77. The van der Waals surface area contributed by atoms with E-state index in [0.29, 0.717) is 0 Å². The van der Waals surface area contributed by atoms with Gasteiger partial charge in [-0.2, -0.15) is 0 Å². The standard InChI is InChI=1S/C9H8O4/c1-2-12-13-8-6-4-3-5-7(8)9(10)11/h2-6H,1H2,(H,10,11). The van der Waals surface area contributed by atoms with Gasteiger partial charge in [0, 0.05) is 0 Å². The van der Waals surface area contributed by atoms with Crippen molar-refractivity contribution < 1.29 is 19.7 Å². The first-order valence-electron chi connectivity index (χ1n) is 3.52. The van der Waals surface area contributed by atoms with Crippen LogP contribution in [0.3, 0.4) is 0 Å². The number of aromatic carboxylic acids is 1. The van der Waals surface area contributed by atoms with Crippen molar-refractivity contribution >= 4 is 5.97 Å². The van der Waals surface area contributed by atoms with Crippen LogP contribution in [-0.2, 0) is 4.89 Å². The van der Waals surface area contributed by atoms with Gasteiger partial charge in [0.2, 0.25) is 0 Å². The third-order valence-electron chi connectivity index (χ3n) is 1.32. The summed E-state index contributed by atoms with van der Waals surface area (Å²) in [5.74, 6) is -0.918. The van der Waals surface area contributed by atoms with E-state index in [4.69, 9.17) is 5.11 Å². The molecular weight excluding hydrogens is 172 g/mol. The van der Waals surface area contributed by atoms with Gasteiger partial charge in [-0.15, -0.1) is 0 Å². The monoisotopic (exact) mass is 180 g/mol. The molecule has 0 aliphatic rings. The molecule has 0 aromatic heterocycles. The van der Waals surface area contributed by atoms with E-state index in [1.54, 1.807) is 12.1 Å². The average Bonchev–Trinajstić information content (AvgIpc) is 2.15. The molecule has 0 saturated carbocycles. The molecule has 4 nitrogen and oxygen atoms in total. The van der Waals surface area contributed by atoms with Crippen LogP contribution in [-0.4, -0.2) is 11.1 Å². The zero-order chi connectivity index (χ0) is 9.68. The van der Waals surface area contributed by atoms with Crippen LogP contribution >= 0.6 is 0 Å². The van der Waals surface area contributed by atoms with Gasteiger partial charge in [0.25, 0.3) is 0 Å². The van der Waals surface area contributed by atoms with Gasteiger partial charge in [-0.05, 0) is 12.1 Å². The molecule has 1 rings (SSSR count). The van der Waals surface area contributed by atoms with Crippen LogP contribution in [0.25, 0.3) is 0 Å². The first kappa shape index (κ1) is 9.12. The van der Waals surface area contributed by atoms with E-state index in [1.165, 1.54) is 12.1 Å². The van der Waals surface area contributed by atoms with E-state index >= 15 is 0 Å². The summed E-state index contributed by atoms with van der Waals surface area (Å²) in [6.45, 7) is 3.26. The summed E-state index contributed by atoms with van der Waals surface area (Å²) in [6, 6.07) is 6.16. The van der Waals surface area contributed by atoms with Crippen LogP contribution in [0.5, 0.6) is 5.75 Å². The zero-order valence-electron chi connectivity index (χ0n) is 6.77. The third kappa shape index (κ3) is 2.23. The third-order valence-corrected chi connectivity index (χ3v) is 1.32. The van der Waals surface area contributed by atoms with Crippen molar-refractivity contribution in [1.82, 2.24) is 0 Å². The molecule has 0 amide bonds. The van der Waals surface area contributed by atoms with Crippen molar-refractivity contribution in [3.63, 3.8) is 0 Å². The number of para-hydroxylation sites is 1. The molecule has 1 N–H and O–H groups in total. The molecule has 0 atom stereocenters. The number of benzene rings is 1.